The standard InChI is InChI=1S/C14H17NOS/c15-10-12(13-8-5-9-17-13)14(16)11-6-3-1-2-4-7-11/h5,8-9,11-12H,1-4,6-7H2. The third-order valence-electron chi connectivity index (χ3n) is 3.50. The normalized spacial score (nSPS) is 19.2. The Bertz CT molecular complexity index is 396. The highest BCUT2D eigenvalue weighted by Crippen LogP contribution is 2.30. The highest BCUT2D eigenvalue weighted by molar-refractivity contribution is 7.10. The third kappa shape index (κ3) is 2.95. The van der Waals surface area contributed by atoms with Crippen molar-refractivity contribution in [2.75, 3.05) is 0 Å². The van der Waals surface area contributed by atoms with Crippen molar-refractivity contribution in [3.63, 3.8) is 0 Å². The average molecular weight is 247 g/mol. The van der Waals surface area contributed by atoms with Crippen LogP contribution in [0.5, 0.6) is 0 Å². The molecule has 2 rings (SSSR count). The zero-order chi connectivity index (χ0) is 12.1. The Morgan fingerprint density at radius 2 is 2.06 bits per heavy atom. The molecule has 0 aromatic carbocycles. The molecule has 1 unspecified atom stereocenters. The Morgan fingerprint density at radius 3 is 2.59 bits per heavy atom. The van der Waals surface area contributed by atoms with E-state index >= 15 is 0 Å². The zero-order valence-electron chi connectivity index (χ0n) is 9.89. The number of hydrogen-bond donors (Lipinski definition) is 0. The van der Waals surface area contributed by atoms with Crippen LogP contribution in [0.2, 0.25) is 0 Å². The fraction of sp³-hybridized carbons (Fsp3) is 0.571. The van der Waals surface area contributed by atoms with Crippen molar-refractivity contribution in [3.05, 3.63) is 22.4 Å². The molecule has 90 valence electrons. The van der Waals surface area contributed by atoms with E-state index in [1.54, 1.807) is 0 Å². The molecule has 1 atom stereocenters. The Labute approximate surface area is 106 Å². The SMILES string of the molecule is N#CC(C(=O)C1CCCCCC1)c1cccs1. The molecule has 1 aromatic heterocycles. The van der Waals surface area contributed by atoms with E-state index in [9.17, 15) is 10.1 Å². The highest BCUT2D eigenvalue weighted by Gasteiger charge is 2.29. The fourth-order valence-corrected chi connectivity index (χ4v) is 3.30. The molecule has 1 fully saturated rings. The molecule has 0 aliphatic heterocycles. The van der Waals surface area contributed by atoms with Gasteiger partial charge in [0.25, 0.3) is 0 Å². The van der Waals surface area contributed by atoms with Gasteiger partial charge in [-0.1, -0.05) is 31.7 Å². The van der Waals surface area contributed by atoms with Crippen LogP contribution < -0.4 is 0 Å². The van der Waals surface area contributed by atoms with Gasteiger partial charge in [0.1, 0.15) is 5.92 Å². The van der Waals surface area contributed by atoms with Crippen LogP contribution in [-0.2, 0) is 4.79 Å². The summed E-state index contributed by atoms with van der Waals surface area (Å²) in [5.41, 5.74) is 0. The van der Waals surface area contributed by atoms with Gasteiger partial charge in [0.05, 0.1) is 6.07 Å². The van der Waals surface area contributed by atoms with E-state index in [4.69, 9.17) is 0 Å². The van der Waals surface area contributed by atoms with Crippen LogP contribution in [0.1, 0.15) is 49.3 Å². The molecule has 3 heteroatoms. The molecule has 2 nitrogen and oxygen atoms in total. The molecule has 1 aromatic rings. The summed E-state index contributed by atoms with van der Waals surface area (Å²) < 4.78 is 0. The minimum atomic E-state index is -0.530. The maximum Gasteiger partial charge on any atom is 0.158 e. The van der Waals surface area contributed by atoms with Crippen LogP contribution in [0.4, 0.5) is 0 Å². The molecule has 0 N–H and O–H groups in total. The number of nitrogens with zero attached hydrogens (tertiary/aromatic N) is 1. The fourth-order valence-electron chi connectivity index (χ4n) is 2.52. The topological polar surface area (TPSA) is 40.9 Å². The molecule has 1 heterocycles. The number of thiophene rings is 1. The van der Waals surface area contributed by atoms with Crippen LogP contribution in [0, 0.1) is 17.2 Å². The van der Waals surface area contributed by atoms with E-state index in [-0.39, 0.29) is 11.7 Å². The first-order valence-corrected chi connectivity index (χ1v) is 7.17. The van der Waals surface area contributed by atoms with Crippen molar-refractivity contribution in [3.8, 4) is 6.07 Å². The lowest BCUT2D eigenvalue weighted by Crippen LogP contribution is -2.20. The Hall–Kier alpha value is -1.14. The second kappa shape index (κ2) is 5.97. The van der Waals surface area contributed by atoms with Gasteiger partial charge in [0, 0.05) is 10.8 Å². The predicted octanol–water partition coefficient (Wildman–Crippen LogP) is 3.89. The number of carbonyl (C=O) groups is 1. The van der Waals surface area contributed by atoms with Crippen molar-refractivity contribution in [1.82, 2.24) is 0 Å². The first kappa shape index (κ1) is 12.3. The summed E-state index contributed by atoms with van der Waals surface area (Å²) in [5.74, 6) is -0.265. The van der Waals surface area contributed by atoms with Crippen LogP contribution >= 0.6 is 11.3 Å². The minimum absolute atomic E-state index is 0.115. The number of hydrogen-bond acceptors (Lipinski definition) is 3. The van der Waals surface area contributed by atoms with Gasteiger partial charge >= 0.3 is 0 Å². The number of rotatable bonds is 3. The predicted molar refractivity (Wildman–Crippen MR) is 68.9 cm³/mol. The van der Waals surface area contributed by atoms with Gasteiger partial charge in [-0.15, -0.1) is 11.3 Å². The third-order valence-corrected chi connectivity index (χ3v) is 4.44. The summed E-state index contributed by atoms with van der Waals surface area (Å²) >= 11 is 1.51. The van der Waals surface area contributed by atoms with Gasteiger partial charge in [-0.3, -0.25) is 4.79 Å². The van der Waals surface area contributed by atoms with E-state index in [0.29, 0.717) is 0 Å². The van der Waals surface area contributed by atoms with E-state index in [0.717, 1.165) is 30.6 Å². The van der Waals surface area contributed by atoms with Crippen LogP contribution in [-0.4, -0.2) is 5.78 Å². The van der Waals surface area contributed by atoms with E-state index in [1.807, 2.05) is 17.5 Å². The maximum atomic E-state index is 12.4. The molecule has 0 amide bonds. The number of ketones is 1. The van der Waals surface area contributed by atoms with Crippen molar-refractivity contribution < 1.29 is 4.79 Å². The monoisotopic (exact) mass is 247 g/mol. The Kier molecular flexibility index (Phi) is 4.33. The summed E-state index contributed by atoms with van der Waals surface area (Å²) in [6.45, 7) is 0. The van der Waals surface area contributed by atoms with Crippen LogP contribution in [0.15, 0.2) is 17.5 Å². The van der Waals surface area contributed by atoms with Gasteiger partial charge in [-0.2, -0.15) is 5.26 Å². The molecule has 1 aliphatic rings. The smallest absolute Gasteiger partial charge is 0.158 e. The molecular weight excluding hydrogens is 230 g/mol. The highest BCUT2D eigenvalue weighted by atomic mass is 32.1. The van der Waals surface area contributed by atoms with Crippen molar-refractivity contribution in [2.45, 2.75) is 44.4 Å². The molecule has 0 bridgehead atoms. The molecule has 1 saturated carbocycles. The molecular formula is C14H17NOS. The molecule has 0 spiro atoms. The van der Waals surface area contributed by atoms with Crippen molar-refractivity contribution in [2.24, 2.45) is 5.92 Å². The maximum absolute atomic E-state index is 12.4. The van der Waals surface area contributed by atoms with E-state index < -0.39 is 5.92 Å². The van der Waals surface area contributed by atoms with E-state index in [1.165, 1.54) is 24.2 Å². The zero-order valence-corrected chi connectivity index (χ0v) is 10.7. The lowest BCUT2D eigenvalue weighted by molar-refractivity contribution is -0.123. The van der Waals surface area contributed by atoms with Crippen molar-refractivity contribution >= 4 is 17.1 Å². The summed E-state index contributed by atoms with van der Waals surface area (Å²) in [4.78, 5) is 13.3. The second-order valence-electron chi connectivity index (χ2n) is 4.67. The van der Waals surface area contributed by atoms with Gasteiger partial charge in [0.2, 0.25) is 0 Å². The van der Waals surface area contributed by atoms with Crippen LogP contribution in [0.3, 0.4) is 0 Å². The first-order valence-electron chi connectivity index (χ1n) is 6.29. The quantitative estimate of drug-likeness (QED) is 0.760. The Morgan fingerprint density at radius 1 is 1.35 bits per heavy atom. The molecule has 0 radical (unpaired) electrons. The number of carbonyl (C=O) groups excluding carboxylic acids is 1. The van der Waals surface area contributed by atoms with E-state index in [2.05, 4.69) is 6.07 Å². The number of Topliss-reactive ketones (excluding diaryl/α,β-unsaturated/α-hetero) is 1. The van der Waals surface area contributed by atoms with Crippen molar-refractivity contribution in [1.29, 1.82) is 5.26 Å². The summed E-state index contributed by atoms with van der Waals surface area (Å²) in [5, 5.41) is 11.1. The minimum Gasteiger partial charge on any atom is -0.297 e. The molecule has 17 heavy (non-hydrogen) atoms. The molecule has 1 aliphatic carbocycles. The lowest BCUT2D eigenvalue weighted by atomic mass is 9.87. The summed E-state index contributed by atoms with van der Waals surface area (Å²) in [6.07, 6.45) is 6.70. The van der Waals surface area contributed by atoms with Gasteiger partial charge in [0.15, 0.2) is 5.78 Å². The summed E-state index contributed by atoms with van der Waals surface area (Å²) in [6, 6.07) is 5.99. The number of nitriles is 1. The molecule has 0 saturated heterocycles. The lowest BCUT2D eigenvalue weighted by Gasteiger charge is -2.15. The average Bonchev–Trinajstić information content (AvgIpc) is 2.72. The summed E-state index contributed by atoms with van der Waals surface area (Å²) in [7, 11) is 0. The largest absolute Gasteiger partial charge is 0.297 e. The van der Waals surface area contributed by atoms with Crippen LogP contribution in [0.25, 0.3) is 0 Å². The Balaban J connectivity index is 2.09. The van der Waals surface area contributed by atoms with Gasteiger partial charge in [-0.05, 0) is 24.3 Å². The van der Waals surface area contributed by atoms with Gasteiger partial charge in [-0.25, -0.2) is 0 Å². The first-order chi connectivity index (χ1) is 8.33. The van der Waals surface area contributed by atoms with Gasteiger partial charge < -0.3 is 0 Å². The second-order valence-corrected chi connectivity index (χ2v) is 5.65.